The first kappa shape index (κ1) is 14.3. The molecule has 0 bridgehead atoms. The number of carbonyl (C=O) groups is 1. The maximum absolute atomic E-state index is 14.1. The summed E-state index contributed by atoms with van der Waals surface area (Å²) in [7, 11) is -9.46. The van der Waals surface area contributed by atoms with Crippen molar-refractivity contribution in [3.8, 4) is 0 Å². The van der Waals surface area contributed by atoms with E-state index in [4.69, 9.17) is 0 Å². The fourth-order valence-corrected chi connectivity index (χ4v) is 8.51. The second-order valence-electron chi connectivity index (χ2n) is 3.01. The summed E-state index contributed by atoms with van der Waals surface area (Å²) in [5.41, 5.74) is 0. The molecule has 0 amide bonds. The third kappa shape index (κ3) is 2.73. The van der Waals surface area contributed by atoms with Crippen molar-refractivity contribution in [1.82, 2.24) is 9.53 Å². The Morgan fingerprint density at radius 3 is 2.44 bits per heavy atom. The van der Waals surface area contributed by atoms with E-state index in [0.717, 1.165) is 11.8 Å². The molecule has 0 spiro atoms. The highest BCUT2D eigenvalue weighted by Gasteiger charge is 2.56. The first-order chi connectivity index (χ1) is 7.19. The van der Waals surface area contributed by atoms with E-state index in [1.807, 2.05) is 0 Å². The average Bonchev–Trinajstić information content (AvgIpc) is 2.16. The van der Waals surface area contributed by atoms with Gasteiger partial charge < -0.3 is 4.52 Å². The highest BCUT2D eigenvalue weighted by molar-refractivity contribution is 7.93. The Kier molecular flexibility index (Phi) is 4.00. The second kappa shape index (κ2) is 4.48. The Bertz CT molecular complexity index is 415. The van der Waals surface area contributed by atoms with Gasteiger partial charge in [0.15, 0.2) is 0 Å². The molecular formula is C4H11F3N4O2P3+. The average molecular weight is 297 g/mol. The molecular weight excluding hydrogens is 286 g/mol. The van der Waals surface area contributed by atoms with E-state index >= 15 is 0 Å². The Labute approximate surface area is 91.7 Å². The smallest absolute Gasteiger partial charge is 0.305 e. The van der Waals surface area contributed by atoms with Gasteiger partial charge in [-0.2, -0.15) is 8.39 Å². The molecule has 0 fully saturated rings. The fourth-order valence-electron chi connectivity index (χ4n) is 0.830. The maximum atomic E-state index is 14.1. The summed E-state index contributed by atoms with van der Waals surface area (Å²) >= 11 is 0. The molecule has 0 aromatic heterocycles. The van der Waals surface area contributed by atoms with Crippen molar-refractivity contribution in [1.29, 1.82) is 0 Å². The minimum absolute atomic E-state index is 0.215. The van der Waals surface area contributed by atoms with Crippen LogP contribution in [0.1, 0.15) is 0 Å². The lowest BCUT2D eigenvalue weighted by atomic mass is 11.3. The first-order valence-electron chi connectivity index (χ1n) is 3.93. The van der Waals surface area contributed by atoms with Gasteiger partial charge in [-0.1, -0.05) is 4.86 Å². The van der Waals surface area contributed by atoms with Gasteiger partial charge in [0.1, 0.15) is 0 Å². The van der Waals surface area contributed by atoms with E-state index < -0.39 is 23.3 Å². The van der Waals surface area contributed by atoms with Crippen molar-refractivity contribution in [2.75, 3.05) is 21.2 Å². The molecule has 94 valence electrons. The lowest BCUT2D eigenvalue weighted by molar-refractivity contribution is 0.419. The molecule has 3 unspecified atom stereocenters. The zero-order valence-corrected chi connectivity index (χ0v) is 11.4. The van der Waals surface area contributed by atoms with Gasteiger partial charge in [0.05, 0.1) is 0 Å². The Balaban J connectivity index is 3.39. The predicted molar refractivity (Wildman–Crippen MR) is 59.5 cm³/mol. The van der Waals surface area contributed by atoms with Gasteiger partial charge in [-0.15, -0.1) is 4.52 Å². The molecule has 0 radical (unpaired) electrons. The van der Waals surface area contributed by atoms with Gasteiger partial charge in [0, 0.05) is 11.6 Å². The van der Waals surface area contributed by atoms with E-state index in [-0.39, 0.29) is 6.03 Å². The largest absolute Gasteiger partial charge is 0.469 e. The van der Waals surface area contributed by atoms with Crippen LogP contribution in [0, 0.1) is 0 Å². The molecule has 1 rings (SSSR count). The van der Waals surface area contributed by atoms with Crippen LogP contribution >= 0.6 is 23.3 Å². The molecule has 0 aromatic rings. The summed E-state index contributed by atoms with van der Waals surface area (Å²) < 4.78 is 52.8. The minimum atomic E-state index is -4.39. The molecule has 0 saturated carbocycles. The molecule has 1 aliphatic heterocycles. The van der Waals surface area contributed by atoms with Crippen LogP contribution in [0.15, 0.2) is 9.03 Å². The quantitative estimate of drug-likeness (QED) is 0.639. The standard InChI is InChI=1S/C4H11F3N4O2P3/c1-11(2)15(6)8-14(5,4-12)9-16(7,10-15)13-3/h4,8H,1-3H3/q+1. The third-order valence-electron chi connectivity index (χ3n) is 1.64. The van der Waals surface area contributed by atoms with Crippen LogP contribution < -0.4 is 4.86 Å². The highest BCUT2D eigenvalue weighted by atomic mass is 31.3. The normalized spacial score (nSPS) is 43.7. The first-order valence-corrected chi connectivity index (χ1v) is 8.72. The van der Waals surface area contributed by atoms with Gasteiger partial charge in [0.2, 0.25) is 0 Å². The molecule has 1 N–H and O–H groups in total. The summed E-state index contributed by atoms with van der Waals surface area (Å²) in [6.45, 7) is 0. The molecule has 1 heterocycles. The molecule has 0 aliphatic carbocycles. The summed E-state index contributed by atoms with van der Waals surface area (Å²) in [6.07, 6.45) is 0. The van der Waals surface area contributed by atoms with Crippen molar-refractivity contribution < 1.29 is 21.9 Å². The van der Waals surface area contributed by atoms with Crippen molar-refractivity contribution in [2.45, 2.75) is 0 Å². The second-order valence-corrected chi connectivity index (χ2v) is 9.82. The maximum Gasteiger partial charge on any atom is 0.469 e. The molecule has 0 saturated heterocycles. The highest BCUT2D eigenvalue weighted by Crippen LogP contribution is 2.80. The minimum Gasteiger partial charge on any atom is -0.305 e. The van der Waals surface area contributed by atoms with Crippen molar-refractivity contribution >= 4 is 29.3 Å². The van der Waals surface area contributed by atoms with Gasteiger partial charge >= 0.3 is 29.3 Å². The van der Waals surface area contributed by atoms with E-state index in [1.165, 1.54) is 14.1 Å². The van der Waals surface area contributed by atoms with Gasteiger partial charge in [-0.25, -0.2) is 9.46 Å². The van der Waals surface area contributed by atoms with Crippen LogP contribution in [-0.2, 0) is 9.32 Å². The summed E-state index contributed by atoms with van der Waals surface area (Å²) in [4.78, 5) is 12.3. The number of rotatable bonds is 3. The van der Waals surface area contributed by atoms with E-state index in [2.05, 4.69) is 13.6 Å². The predicted octanol–water partition coefficient (Wildman–Crippen LogP) is 3.55. The third-order valence-corrected chi connectivity index (χ3v) is 9.34. The van der Waals surface area contributed by atoms with Crippen LogP contribution in [0.2, 0.25) is 0 Å². The van der Waals surface area contributed by atoms with Crippen molar-refractivity contribution in [2.24, 2.45) is 9.03 Å². The summed E-state index contributed by atoms with van der Waals surface area (Å²) in [6, 6.07) is -0.215. The van der Waals surface area contributed by atoms with E-state index in [0.29, 0.717) is 0 Å². The monoisotopic (exact) mass is 297 g/mol. The van der Waals surface area contributed by atoms with Crippen LogP contribution in [-0.4, -0.2) is 31.9 Å². The van der Waals surface area contributed by atoms with Gasteiger partial charge in [0.25, 0.3) is 0 Å². The molecule has 0 aromatic carbocycles. The van der Waals surface area contributed by atoms with Crippen LogP contribution in [0.4, 0.5) is 12.6 Å². The Morgan fingerprint density at radius 2 is 2.06 bits per heavy atom. The van der Waals surface area contributed by atoms with Crippen molar-refractivity contribution in [3.05, 3.63) is 0 Å². The topological polar surface area (TPSA) is 66.3 Å². The number of nitrogens with one attached hydrogen (secondary N) is 1. The SMILES string of the molecule is COP1(F)=N[P+](F)(C=O)NP(F)(N(C)C)=N1. The molecule has 1 aliphatic rings. The lowest BCUT2D eigenvalue weighted by Crippen LogP contribution is -2.19. The molecule has 12 heteroatoms. The van der Waals surface area contributed by atoms with Crippen LogP contribution in [0.3, 0.4) is 0 Å². The number of carbonyl (C=O) groups excluding carboxylic acids is 1. The molecule has 6 nitrogen and oxygen atoms in total. The molecule has 16 heavy (non-hydrogen) atoms. The van der Waals surface area contributed by atoms with E-state index in [9.17, 15) is 17.4 Å². The molecule has 3 atom stereocenters. The van der Waals surface area contributed by atoms with Gasteiger partial charge in [-0.05, 0) is 18.3 Å². The fraction of sp³-hybridized carbons (Fsp3) is 0.750. The number of nitrogens with zero attached hydrogens (tertiary/aromatic N) is 3. The zero-order chi connectivity index (χ0) is 12.6. The number of halogens is 3. The van der Waals surface area contributed by atoms with Crippen LogP contribution in [0.25, 0.3) is 0 Å². The van der Waals surface area contributed by atoms with Gasteiger partial charge in [-0.3, -0.25) is 0 Å². The van der Waals surface area contributed by atoms with Crippen molar-refractivity contribution in [3.63, 3.8) is 0 Å². The number of hydrogen-bond acceptors (Lipinski definition) is 6. The lowest BCUT2D eigenvalue weighted by Gasteiger charge is -2.26. The summed E-state index contributed by atoms with van der Waals surface area (Å²) in [5.74, 6) is 0. The zero-order valence-electron chi connectivity index (χ0n) is 8.71. The summed E-state index contributed by atoms with van der Waals surface area (Å²) in [5, 5.41) is 0. The van der Waals surface area contributed by atoms with E-state index in [1.54, 1.807) is 4.86 Å². The Morgan fingerprint density at radius 1 is 1.50 bits per heavy atom. The number of hydrogen-bond donors (Lipinski definition) is 1. The Hall–Kier alpha value is 0.230. The van der Waals surface area contributed by atoms with Crippen LogP contribution in [0.5, 0.6) is 0 Å².